The third kappa shape index (κ3) is 6.09. The zero-order valence-electron chi connectivity index (χ0n) is 15.7. The van der Waals surface area contributed by atoms with Crippen LogP contribution in [0.3, 0.4) is 0 Å². The van der Waals surface area contributed by atoms with E-state index in [0.717, 1.165) is 0 Å². The van der Waals surface area contributed by atoms with Gasteiger partial charge in [0.2, 0.25) is 5.91 Å². The van der Waals surface area contributed by atoms with Gasteiger partial charge in [0.1, 0.15) is 24.6 Å². The summed E-state index contributed by atoms with van der Waals surface area (Å²) in [5.74, 6) is 0.0586. The number of para-hydroxylation sites is 3. The number of ether oxygens (including phenoxy) is 2. The van der Waals surface area contributed by atoms with E-state index in [-0.39, 0.29) is 19.1 Å². The quantitative estimate of drug-likeness (QED) is 0.368. The van der Waals surface area contributed by atoms with Crippen LogP contribution in [0.1, 0.15) is 18.6 Å². The third-order valence-corrected chi connectivity index (χ3v) is 3.91. The lowest BCUT2D eigenvalue weighted by atomic mass is 10.0. The van der Waals surface area contributed by atoms with Crippen molar-refractivity contribution in [2.45, 2.75) is 19.1 Å². The number of aliphatic hydroxyl groups is 2. The monoisotopic (exact) mass is 386 g/mol. The summed E-state index contributed by atoms with van der Waals surface area (Å²) in [5, 5.41) is 22.4. The molecule has 0 saturated heterocycles. The van der Waals surface area contributed by atoms with Crippen LogP contribution in [0.4, 0.5) is 11.4 Å². The van der Waals surface area contributed by atoms with Crippen molar-refractivity contribution >= 4 is 17.3 Å². The molecule has 0 spiro atoms. The fraction of sp³-hybridized carbons (Fsp3) is 0.286. The summed E-state index contributed by atoms with van der Waals surface area (Å²) in [5.41, 5.74) is 7.29. The molecule has 28 heavy (non-hydrogen) atoms. The van der Waals surface area contributed by atoms with Gasteiger partial charge >= 0.3 is 0 Å². The summed E-state index contributed by atoms with van der Waals surface area (Å²) in [6.07, 6.45) is 0.974. The van der Waals surface area contributed by atoms with Crippen molar-refractivity contribution in [3.8, 4) is 5.75 Å². The molecule has 2 aromatic carbocycles. The SMILES string of the molecule is CCO[C@H](/C=C/C(=O)Nc1ccccc1N)[C@H](O)c1ccccc1OCCO. The van der Waals surface area contributed by atoms with Crippen molar-refractivity contribution < 1.29 is 24.5 Å². The topological polar surface area (TPSA) is 114 Å². The van der Waals surface area contributed by atoms with Crippen molar-refractivity contribution in [1.29, 1.82) is 0 Å². The minimum absolute atomic E-state index is 0.111. The number of benzene rings is 2. The van der Waals surface area contributed by atoms with Crippen LogP contribution in [-0.2, 0) is 9.53 Å². The first-order chi connectivity index (χ1) is 13.6. The van der Waals surface area contributed by atoms with E-state index in [4.69, 9.17) is 20.3 Å². The van der Waals surface area contributed by atoms with Crippen LogP contribution in [-0.4, -0.2) is 42.0 Å². The van der Waals surface area contributed by atoms with Gasteiger partial charge in [-0.2, -0.15) is 0 Å². The lowest BCUT2D eigenvalue weighted by molar-refractivity contribution is -0.112. The van der Waals surface area contributed by atoms with E-state index in [9.17, 15) is 9.90 Å². The van der Waals surface area contributed by atoms with Crippen LogP contribution >= 0.6 is 0 Å². The van der Waals surface area contributed by atoms with E-state index in [1.54, 1.807) is 55.5 Å². The highest BCUT2D eigenvalue weighted by Gasteiger charge is 2.22. The molecule has 7 nitrogen and oxygen atoms in total. The predicted molar refractivity (Wildman–Crippen MR) is 108 cm³/mol. The molecule has 5 N–H and O–H groups in total. The minimum atomic E-state index is -1.05. The van der Waals surface area contributed by atoms with Crippen LogP contribution in [0.25, 0.3) is 0 Å². The van der Waals surface area contributed by atoms with Gasteiger partial charge in [0.05, 0.1) is 18.0 Å². The van der Waals surface area contributed by atoms with Crippen LogP contribution < -0.4 is 15.8 Å². The average Bonchev–Trinajstić information content (AvgIpc) is 2.71. The van der Waals surface area contributed by atoms with E-state index >= 15 is 0 Å². The number of carbonyl (C=O) groups excluding carboxylic acids is 1. The number of carbonyl (C=O) groups is 1. The average molecular weight is 386 g/mol. The molecule has 0 aliphatic heterocycles. The Balaban J connectivity index is 2.13. The zero-order valence-corrected chi connectivity index (χ0v) is 15.7. The molecule has 7 heteroatoms. The van der Waals surface area contributed by atoms with Gasteiger partial charge in [-0.1, -0.05) is 30.3 Å². The Labute approximate surface area is 164 Å². The second kappa shape index (κ2) is 11.1. The standard InChI is InChI=1S/C21H26N2O5/c1-2-27-19(11-12-20(25)23-17-9-5-4-8-16(17)22)21(26)15-7-3-6-10-18(15)28-14-13-24/h3-12,19,21,24,26H,2,13-14,22H2,1H3,(H,23,25)/b12-11+/t19-,21-/m1/s1. The largest absolute Gasteiger partial charge is 0.491 e. The summed E-state index contributed by atoms with van der Waals surface area (Å²) < 4.78 is 11.1. The van der Waals surface area contributed by atoms with E-state index in [1.165, 1.54) is 12.2 Å². The molecule has 0 fully saturated rings. The van der Waals surface area contributed by atoms with Crippen molar-refractivity contribution in [3.05, 3.63) is 66.2 Å². The highest BCUT2D eigenvalue weighted by Crippen LogP contribution is 2.29. The van der Waals surface area contributed by atoms with Crippen LogP contribution in [0.5, 0.6) is 5.75 Å². The molecule has 0 aromatic heterocycles. The van der Waals surface area contributed by atoms with Gasteiger partial charge in [-0.15, -0.1) is 0 Å². The van der Waals surface area contributed by atoms with Crippen molar-refractivity contribution in [2.75, 3.05) is 30.9 Å². The molecule has 1 amide bonds. The van der Waals surface area contributed by atoms with Crippen LogP contribution in [0.15, 0.2) is 60.7 Å². The van der Waals surface area contributed by atoms with Crippen molar-refractivity contribution in [2.24, 2.45) is 0 Å². The van der Waals surface area contributed by atoms with E-state index in [2.05, 4.69) is 5.32 Å². The number of anilines is 2. The molecule has 0 aliphatic rings. The van der Waals surface area contributed by atoms with Crippen LogP contribution in [0.2, 0.25) is 0 Å². The summed E-state index contributed by atoms with van der Waals surface area (Å²) in [6.45, 7) is 2.12. The molecule has 2 rings (SSSR count). The first kappa shape index (κ1) is 21.4. The first-order valence-electron chi connectivity index (χ1n) is 9.02. The number of aliphatic hydroxyl groups excluding tert-OH is 2. The summed E-state index contributed by atoms with van der Waals surface area (Å²) in [7, 11) is 0. The van der Waals surface area contributed by atoms with Crippen LogP contribution in [0, 0.1) is 0 Å². The van der Waals surface area contributed by atoms with Crippen molar-refractivity contribution in [1.82, 2.24) is 0 Å². The maximum Gasteiger partial charge on any atom is 0.248 e. The highest BCUT2D eigenvalue weighted by molar-refractivity contribution is 6.01. The van der Waals surface area contributed by atoms with Crippen molar-refractivity contribution in [3.63, 3.8) is 0 Å². The lowest BCUT2D eigenvalue weighted by Gasteiger charge is -2.22. The van der Waals surface area contributed by atoms with E-state index in [1.807, 2.05) is 0 Å². The minimum Gasteiger partial charge on any atom is -0.491 e. The Hall–Kier alpha value is -2.87. The third-order valence-electron chi connectivity index (χ3n) is 3.91. The lowest BCUT2D eigenvalue weighted by Crippen LogP contribution is -2.22. The van der Waals surface area contributed by atoms with E-state index < -0.39 is 12.2 Å². The maximum atomic E-state index is 12.2. The van der Waals surface area contributed by atoms with Gasteiger partial charge in [0.25, 0.3) is 0 Å². The maximum absolute atomic E-state index is 12.2. The van der Waals surface area contributed by atoms with E-state index in [0.29, 0.717) is 29.3 Å². The number of rotatable bonds is 10. The number of hydrogen-bond donors (Lipinski definition) is 4. The molecule has 0 bridgehead atoms. The Kier molecular flexibility index (Phi) is 8.48. The van der Waals surface area contributed by atoms with Gasteiger partial charge in [-0.3, -0.25) is 4.79 Å². The fourth-order valence-corrected chi connectivity index (χ4v) is 2.60. The second-order valence-corrected chi connectivity index (χ2v) is 5.91. The molecule has 2 atom stereocenters. The first-order valence-corrected chi connectivity index (χ1v) is 9.02. The number of nitrogens with one attached hydrogen (secondary N) is 1. The smallest absolute Gasteiger partial charge is 0.248 e. The molecule has 0 heterocycles. The Bertz CT molecular complexity index is 794. The van der Waals surface area contributed by atoms with Gasteiger partial charge < -0.3 is 30.7 Å². The van der Waals surface area contributed by atoms with Gasteiger partial charge in [-0.25, -0.2) is 0 Å². The Morgan fingerprint density at radius 2 is 1.93 bits per heavy atom. The summed E-state index contributed by atoms with van der Waals surface area (Å²) in [4.78, 5) is 12.2. The second-order valence-electron chi connectivity index (χ2n) is 5.91. The molecule has 0 saturated carbocycles. The fourth-order valence-electron chi connectivity index (χ4n) is 2.60. The number of hydrogen-bond acceptors (Lipinski definition) is 6. The molecule has 150 valence electrons. The Morgan fingerprint density at radius 3 is 2.64 bits per heavy atom. The predicted octanol–water partition coefficient (Wildman–Crippen LogP) is 2.27. The van der Waals surface area contributed by atoms with Gasteiger partial charge in [0, 0.05) is 18.2 Å². The molecule has 0 unspecified atom stereocenters. The number of nitrogen functional groups attached to an aromatic ring is 1. The zero-order chi connectivity index (χ0) is 20.4. The molecule has 2 aromatic rings. The molecule has 0 radical (unpaired) electrons. The van der Waals surface area contributed by atoms with Gasteiger partial charge in [0.15, 0.2) is 0 Å². The number of nitrogens with two attached hydrogens (primary N) is 1. The normalized spacial score (nSPS) is 13.2. The number of amides is 1. The van der Waals surface area contributed by atoms with Gasteiger partial charge in [-0.05, 0) is 31.2 Å². The summed E-state index contributed by atoms with van der Waals surface area (Å²) >= 11 is 0. The molecular formula is C21H26N2O5. The Morgan fingerprint density at radius 1 is 1.21 bits per heavy atom. The molecular weight excluding hydrogens is 360 g/mol. The highest BCUT2D eigenvalue weighted by atomic mass is 16.5. The summed E-state index contributed by atoms with van der Waals surface area (Å²) in [6, 6.07) is 13.9. The molecule has 0 aliphatic carbocycles.